The van der Waals surface area contributed by atoms with Gasteiger partial charge in [0.05, 0.1) is 0 Å². The highest BCUT2D eigenvalue weighted by molar-refractivity contribution is 6.31. The maximum Gasteiger partial charge on any atom is 0.0456 e. The molecule has 0 saturated carbocycles. The van der Waals surface area contributed by atoms with Gasteiger partial charge in [-0.15, -0.1) is 0 Å². The maximum atomic E-state index is 6.38. The van der Waals surface area contributed by atoms with Crippen molar-refractivity contribution in [3.05, 3.63) is 33.8 Å². The fraction of sp³-hybridized carbons (Fsp3) is 0.571. The number of hydrogen-bond donors (Lipinski definition) is 1. The van der Waals surface area contributed by atoms with Crippen LogP contribution in [-0.4, -0.2) is 25.0 Å². The smallest absolute Gasteiger partial charge is 0.0456 e. The van der Waals surface area contributed by atoms with E-state index >= 15 is 0 Å². The van der Waals surface area contributed by atoms with Gasteiger partial charge in [-0.3, -0.25) is 4.90 Å². The van der Waals surface area contributed by atoms with Crippen molar-refractivity contribution in [3.8, 4) is 0 Å². The predicted molar refractivity (Wildman–Crippen MR) is 73.5 cm³/mol. The first-order valence-electron chi connectivity index (χ1n) is 6.20. The van der Waals surface area contributed by atoms with Gasteiger partial charge >= 0.3 is 0 Å². The molecule has 2 unspecified atom stereocenters. The molecule has 2 atom stereocenters. The van der Waals surface area contributed by atoms with Crippen molar-refractivity contribution in [3.63, 3.8) is 0 Å². The highest BCUT2D eigenvalue weighted by Gasteiger charge is 2.32. The van der Waals surface area contributed by atoms with Gasteiger partial charge in [0.1, 0.15) is 0 Å². The first kappa shape index (κ1) is 12.9. The Balaban J connectivity index is 2.37. The summed E-state index contributed by atoms with van der Waals surface area (Å²) in [5.41, 5.74) is 9.72. The van der Waals surface area contributed by atoms with Crippen LogP contribution >= 0.6 is 11.6 Å². The van der Waals surface area contributed by atoms with Gasteiger partial charge in [-0.25, -0.2) is 0 Å². The highest BCUT2D eigenvalue weighted by Crippen LogP contribution is 2.39. The molecule has 1 aromatic rings. The third kappa shape index (κ3) is 2.35. The molecule has 1 heterocycles. The molecule has 1 aliphatic heterocycles. The molecule has 2 nitrogen and oxygen atoms in total. The van der Waals surface area contributed by atoms with Crippen molar-refractivity contribution < 1.29 is 0 Å². The molecule has 0 bridgehead atoms. The van der Waals surface area contributed by atoms with Crippen LogP contribution in [0, 0.1) is 19.8 Å². The zero-order valence-corrected chi connectivity index (χ0v) is 11.6. The molecule has 1 aromatic carbocycles. The summed E-state index contributed by atoms with van der Waals surface area (Å²) in [4.78, 5) is 2.38. The van der Waals surface area contributed by atoms with Crippen molar-refractivity contribution in [1.29, 1.82) is 0 Å². The zero-order chi connectivity index (χ0) is 12.6. The minimum absolute atomic E-state index is 0.427. The van der Waals surface area contributed by atoms with Crippen LogP contribution in [0.25, 0.3) is 0 Å². The molecule has 2 rings (SSSR count). The lowest BCUT2D eigenvalue weighted by Gasteiger charge is -2.23. The summed E-state index contributed by atoms with van der Waals surface area (Å²) in [6, 6.07) is 4.54. The summed E-state index contributed by atoms with van der Waals surface area (Å²) in [6.07, 6.45) is 1.12. The van der Waals surface area contributed by atoms with Gasteiger partial charge in [0, 0.05) is 17.6 Å². The van der Waals surface area contributed by atoms with E-state index in [1.54, 1.807) is 0 Å². The average molecular weight is 253 g/mol. The molecule has 94 valence electrons. The Morgan fingerprint density at radius 3 is 2.71 bits per heavy atom. The number of benzene rings is 1. The second-order valence-electron chi connectivity index (χ2n) is 5.20. The quantitative estimate of drug-likeness (QED) is 0.877. The largest absolute Gasteiger partial charge is 0.330 e. The summed E-state index contributed by atoms with van der Waals surface area (Å²) in [6.45, 7) is 6.15. The highest BCUT2D eigenvalue weighted by atomic mass is 35.5. The molecule has 0 spiro atoms. The van der Waals surface area contributed by atoms with E-state index < -0.39 is 0 Å². The Bertz CT molecular complexity index is 417. The van der Waals surface area contributed by atoms with Crippen molar-refractivity contribution in [2.75, 3.05) is 20.1 Å². The molecule has 0 aromatic heterocycles. The third-order valence-corrected chi connectivity index (χ3v) is 4.36. The Hall–Kier alpha value is -0.570. The topological polar surface area (TPSA) is 29.3 Å². The molecule has 1 fully saturated rings. The second kappa shape index (κ2) is 4.97. The van der Waals surface area contributed by atoms with Crippen LogP contribution in [0.15, 0.2) is 12.1 Å². The van der Waals surface area contributed by atoms with E-state index in [0.717, 1.165) is 24.5 Å². The molecule has 1 aliphatic rings. The Labute approximate surface area is 109 Å². The van der Waals surface area contributed by atoms with Gasteiger partial charge in [-0.05, 0) is 62.5 Å². The number of hydrogen-bond acceptors (Lipinski definition) is 2. The molecule has 2 N–H and O–H groups in total. The predicted octanol–water partition coefficient (Wildman–Crippen LogP) is 2.91. The van der Waals surface area contributed by atoms with E-state index in [1.165, 1.54) is 16.7 Å². The summed E-state index contributed by atoms with van der Waals surface area (Å²) >= 11 is 6.38. The maximum absolute atomic E-state index is 6.38. The first-order chi connectivity index (χ1) is 8.04. The van der Waals surface area contributed by atoms with Gasteiger partial charge in [0.25, 0.3) is 0 Å². The molecule has 0 radical (unpaired) electrons. The van der Waals surface area contributed by atoms with Crippen molar-refractivity contribution in [2.24, 2.45) is 11.7 Å². The average Bonchev–Trinajstić information content (AvgIpc) is 2.66. The number of rotatable bonds is 2. The fourth-order valence-corrected chi connectivity index (χ4v) is 3.16. The standard InChI is InChI=1S/C14H21ClN2/c1-9-4-5-12(15)14(10(9)2)13-6-11(7-16)8-17(13)3/h4-5,11,13H,6-8,16H2,1-3H3. The van der Waals surface area contributed by atoms with Gasteiger partial charge in [-0.1, -0.05) is 17.7 Å². The van der Waals surface area contributed by atoms with Crippen LogP contribution < -0.4 is 5.73 Å². The number of halogens is 1. The molecule has 0 aliphatic carbocycles. The number of nitrogens with two attached hydrogens (primary N) is 1. The van der Waals surface area contributed by atoms with Crippen LogP contribution in [0.2, 0.25) is 5.02 Å². The van der Waals surface area contributed by atoms with Crippen molar-refractivity contribution in [2.45, 2.75) is 26.3 Å². The number of nitrogens with zero attached hydrogens (tertiary/aromatic N) is 1. The van der Waals surface area contributed by atoms with Gasteiger partial charge < -0.3 is 5.73 Å². The van der Waals surface area contributed by atoms with Crippen molar-refractivity contribution >= 4 is 11.6 Å². The fourth-order valence-electron chi connectivity index (χ4n) is 2.83. The van der Waals surface area contributed by atoms with Crippen LogP contribution in [0.4, 0.5) is 0 Å². The number of aryl methyl sites for hydroxylation is 1. The van der Waals surface area contributed by atoms with Crippen LogP contribution in [0.1, 0.15) is 29.2 Å². The van der Waals surface area contributed by atoms with E-state index in [-0.39, 0.29) is 0 Å². The van der Waals surface area contributed by atoms with Crippen LogP contribution in [0.3, 0.4) is 0 Å². The Morgan fingerprint density at radius 2 is 2.12 bits per heavy atom. The lowest BCUT2D eigenvalue weighted by molar-refractivity contribution is 0.313. The Kier molecular flexibility index (Phi) is 3.76. The molecule has 1 saturated heterocycles. The molecule has 0 amide bonds. The second-order valence-corrected chi connectivity index (χ2v) is 5.60. The first-order valence-corrected chi connectivity index (χ1v) is 6.58. The molecule has 17 heavy (non-hydrogen) atoms. The van der Waals surface area contributed by atoms with E-state index in [9.17, 15) is 0 Å². The normalized spacial score (nSPS) is 25.5. The van der Waals surface area contributed by atoms with E-state index in [4.69, 9.17) is 17.3 Å². The lowest BCUT2D eigenvalue weighted by atomic mass is 9.94. The van der Waals surface area contributed by atoms with E-state index in [1.807, 2.05) is 6.07 Å². The van der Waals surface area contributed by atoms with E-state index in [2.05, 4.69) is 31.9 Å². The number of likely N-dealkylation sites (tertiary alicyclic amines) is 1. The molecular formula is C14H21ClN2. The summed E-state index contributed by atoms with van der Waals surface area (Å²) in [5, 5.41) is 0.891. The zero-order valence-electron chi connectivity index (χ0n) is 10.8. The van der Waals surface area contributed by atoms with Gasteiger partial charge in [-0.2, -0.15) is 0 Å². The molecule has 3 heteroatoms. The minimum atomic E-state index is 0.427. The van der Waals surface area contributed by atoms with E-state index in [0.29, 0.717) is 12.0 Å². The van der Waals surface area contributed by atoms with Gasteiger partial charge in [0.15, 0.2) is 0 Å². The molecular weight excluding hydrogens is 232 g/mol. The van der Waals surface area contributed by atoms with Crippen LogP contribution in [-0.2, 0) is 0 Å². The third-order valence-electron chi connectivity index (χ3n) is 4.03. The summed E-state index contributed by atoms with van der Waals surface area (Å²) in [5.74, 6) is 0.598. The lowest BCUT2D eigenvalue weighted by Crippen LogP contribution is -2.21. The Morgan fingerprint density at radius 1 is 1.41 bits per heavy atom. The summed E-state index contributed by atoms with van der Waals surface area (Å²) in [7, 11) is 2.17. The van der Waals surface area contributed by atoms with Crippen molar-refractivity contribution in [1.82, 2.24) is 4.90 Å². The van der Waals surface area contributed by atoms with Gasteiger partial charge in [0.2, 0.25) is 0 Å². The minimum Gasteiger partial charge on any atom is -0.330 e. The summed E-state index contributed by atoms with van der Waals surface area (Å²) < 4.78 is 0. The monoisotopic (exact) mass is 252 g/mol. The SMILES string of the molecule is Cc1ccc(Cl)c(C2CC(CN)CN2C)c1C. The van der Waals surface area contributed by atoms with Crippen LogP contribution in [0.5, 0.6) is 0 Å².